The molecule has 0 radical (unpaired) electrons. The van der Waals surface area contributed by atoms with Gasteiger partial charge in [0, 0.05) is 6.42 Å². The summed E-state index contributed by atoms with van der Waals surface area (Å²) in [5.74, 6) is -0.697. The van der Waals surface area contributed by atoms with Crippen molar-refractivity contribution < 1.29 is 14.7 Å². The maximum atomic E-state index is 11.6. The largest absolute Gasteiger partial charge is 0.480 e. The second-order valence-electron chi connectivity index (χ2n) is 5.94. The minimum Gasteiger partial charge on any atom is -0.480 e. The molecule has 0 heterocycles. The van der Waals surface area contributed by atoms with Gasteiger partial charge in [0.25, 0.3) is 0 Å². The zero-order valence-electron chi connectivity index (χ0n) is 11.0. The minimum atomic E-state index is -0.983. The van der Waals surface area contributed by atoms with Gasteiger partial charge in [-0.05, 0) is 43.9 Å². The van der Waals surface area contributed by atoms with E-state index in [-0.39, 0.29) is 5.91 Å². The fourth-order valence-corrected chi connectivity index (χ4v) is 2.29. The number of amides is 1. The van der Waals surface area contributed by atoms with Gasteiger partial charge in [-0.3, -0.25) is 9.59 Å². The molecule has 0 aromatic carbocycles. The normalized spacial score (nSPS) is 21.8. The van der Waals surface area contributed by atoms with Crippen LogP contribution in [0.25, 0.3) is 0 Å². The number of hydrogen-bond acceptors (Lipinski definition) is 2. The Bertz CT molecular complexity index is 289. The highest BCUT2D eigenvalue weighted by atomic mass is 16.4. The molecule has 1 aliphatic rings. The van der Waals surface area contributed by atoms with Crippen LogP contribution in [0.2, 0.25) is 0 Å². The molecule has 1 fully saturated rings. The predicted octanol–water partition coefficient (Wildman–Crippen LogP) is 2.18. The molecule has 1 aliphatic carbocycles. The first kappa shape index (κ1) is 14.0. The second-order valence-corrected chi connectivity index (χ2v) is 5.94. The Kier molecular flexibility index (Phi) is 4.54. The van der Waals surface area contributed by atoms with Crippen molar-refractivity contribution >= 4 is 11.9 Å². The summed E-state index contributed by atoms with van der Waals surface area (Å²) in [5, 5.41) is 11.2. The first-order valence-electron chi connectivity index (χ1n) is 6.32. The highest BCUT2D eigenvalue weighted by molar-refractivity contribution is 5.83. The van der Waals surface area contributed by atoms with E-state index in [2.05, 4.69) is 19.2 Å². The Hall–Kier alpha value is -1.06. The van der Waals surface area contributed by atoms with Crippen LogP contribution in [-0.4, -0.2) is 23.0 Å². The van der Waals surface area contributed by atoms with Gasteiger partial charge in [0.1, 0.15) is 6.04 Å². The topological polar surface area (TPSA) is 66.4 Å². The molecule has 0 bridgehead atoms. The van der Waals surface area contributed by atoms with Crippen molar-refractivity contribution in [3.63, 3.8) is 0 Å². The van der Waals surface area contributed by atoms with E-state index in [1.807, 2.05) is 0 Å². The molecule has 4 nitrogen and oxygen atoms in total. The van der Waals surface area contributed by atoms with Crippen molar-refractivity contribution in [2.24, 2.45) is 11.3 Å². The smallest absolute Gasteiger partial charge is 0.325 e. The van der Waals surface area contributed by atoms with Crippen LogP contribution in [0, 0.1) is 11.3 Å². The minimum absolute atomic E-state index is 0.135. The molecular weight excluding hydrogens is 218 g/mol. The van der Waals surface area contributed by atoms with Crippen molar-refractivity contribution in [3.8, 4) is 0 Å². The standard InChI is InChI=1S/C13H23NO3/c1-9(12(16)17)14-11(15)8-10-4-6-13(2,3)7-5-10/h9-10H,4-8H2,1-3H3,(H,14,15)(H,16,17)/t9-/m1/s1. The van der Waals surface area contributed by atoms with Crippen LogP contribution < -0.4 is 5.32 Å². The molecule has 1 saturated carbocycles. The van der Waals surface area contributed by atoms with Gasteiger partial charge in [0.2, 0.25) is 5.91 Å². The van der Waals surface area contributed by atoms with Gasteiger partial charge in [-0.2, -0.15) is 0 Å². The molecule has 98 valence electrons. The molecule has 2 N–H and O–H groups in total. The SMILES string of the molecule is C[C@@H](NC(=O)CC1CCC(C)(C)CC1)C(=O)O. The van der Waals surface area contributed by atoms with Crippen LogP contribution in [0.15, 0.2) is 0 Å². The summed E-state index contributed by atoms with van der Waals surface area (Å²) in [6, 6.07) is -0.789. The highest BCUT2D eigenvalue weighted by Gasteiger charge is 2.28. The van der Waals surface area contributed by atoms with E-state index >= 15 is 0 Å². The lowest BCUT2D eigenvalue weighted by atomic mass is 9.72. The van der Waals surface area contributed by atoms with E-state index in [4.69, 9.17) is 5.11 Å². The summed E-state index contributed by atoms with van der Waals surface area (Å²) >= 11 is 0. The number of hydrogen-bond donors (Lipinski definition) is 2. The molecule has 0 unspecified atom stereocenters. The summed E-state index contributed by atoms with van der Waals surface area (Å²) in [6.07, 6.45) is 4.91. The number of rotatable bonds is 4. The number of carbonyl (C=O) groups excluding carboxylic acids is 1. The molecule has 17 heavy (non-hydrogen) atoms. The van der Waals surface area contributed by atoms with E-state index < -0.39 is 12.0 Å². The Labute approximate surface area is 103 Å². The lowest BCUT2D eigenvalue weighted by Gasteiger charge is -2.34. The van der Waals surface area contributed by atoms with Gasteiger partial charge >= 0.3 is 5.97 Å². The monoisotopic (exact) mass is 241 g/mol. The number of carbonyl (C=O) groups is 2. The van der Waals surface area contributed by atoms with Crippen LogP contribution >= 0.6 is 0 Å². The highest BCUT2D eigenvalue weighted by Crippen LogP contribution is 2.39. The zero-order valence-corrected chi connectivity index (χ0v) is 11.0. The summed E-state index contributed by atoms with van der Waals surface area (Å²) in [6.45, 7) is 6.01. The molecule has 0 aromatic heterocycles. The van der Waals surface area contributed by atoms with Gasteiger partial charge in [-0.15, -0.1) is 0 Å². The number of nitrogens with one attached hydrogen (secondary N) is 1. The van der Waals surface area contributed by atoms with Crippen molar-refractivity contribution in [2.45, 2.75) is 58.9 Å². The lowest BCUT2D eigenvalue weighted by molar-refractivity contribution is -0.141. The quantitative estimate of drug-likeness (QED) is 0.792. The fourth-order valence-electron chi connectivity index (χ4n) is 2.29. The second kappa shape index (κ2) is 5.52. The van der Waals surface area contributed by atoms with E-state index in [1.54, 1.807) is 0 Å². The van der Waals surface area contributed by atoms with E-state index in [0.29, 0.717) is 17.8 Å². The zero-order chi connectivity index (χ0) is 13.1. The molecule has 0 saturated heterocycles. The number of carboxylic acid groups (broad SMARTS) is 1. The summed E-state index contributed by atoms with van der Waals surface area (Å²) in [5.41, 5.74) is 0.404. The van der Waals surface area contributed by atoms with E-state index in [1.165, 1.54) is 6.92 Å². The molecule has 1 amide bonds. The van der Waals surface area contributed by atoms with Crippen molar-refractivity contribution in [1.29, 1.82) is 0 Å². The summed E-state index contributed by atoms with van der Waals surface area (Å²) in [4.78, 5) is 22.2. The first-order chi connectivity index (χ1) is 7.80. The Morgan fingerprint density at radius 2 is 1.88 bits per heavy atom. The van der Waals surface area contributed by atoms with E-state index in [0.717, 1.165) is 25.7 Å². The van der Waals surface area contributed by atoms with Crippen LogP contribution in [0.4, 0.5) is 0 Å². The summed E-state index contributed by atoms with van der Waals surface area (Å²) < 4.78 is 0. The van der Waals surface area contributed by atoms with Crippen LogP contribution in [-0.2, 0) is 9.59 Å². The molecule has 0 aliphatic heterocycles. The fraction of sp³-hybridized carbons (Fsp3) is 0.846. The molecule has 1 atom stereocenters. The molecule has 1 rings (SSSR count). The maximum Gasteiger partial charge on any atom is 0.325 e. The number of carboxylic acids is 1. The van der Waals surface area contributed by atoms with Crippen LogP contribution in [0.1, 0.15) is 52.9 Å². The van der Waals surface area contributed by atoms with Crippen LogP contribution in [0.3, 0.4) is 0 Å². The van der Waals surface area contributed by atoms with Crippen molar-refractivity contribution in [1.82, 2.24) is 5.32 Å². The summed E-state index contributed by atoms with van der Waals surface area (Å²) in [7, 11) is 0. The maximum absolute atomic E-state index is 11.6. The first-order valence-corrected chi connectivity index (χ1v) is 6.32. The molecule has 0 aromatic rings. The number of aliphatic carboxylic acids is 1. The Morgan fingerprint density at radius 1 is 1.35 bits per heavy atom. The van der Waals surface area contributed by atoms with Crippen molar-refractivity contribution in [2.75, 3.05) is 0 Å². The third-order valence-corrected chi connectivity index (χ3v) is 3.68. The van der Waals surface area contributed by atoms with E-state index in [9.17, 15) is 9.59 Å². The lowest BCUT2D eigenvalue weighted by Crippen LogP contribution is -2.39. The van der Waals surface area contributed by atoms with Crippen molar-refractivity contribution in [3.05, 3.63) is 0 Å². The Morgan fingerprint density at radius 3 is 2.35 bits per heavy atom. The van der Waals surface area contributed by atoms with Gasteiger partial charge < -0.3 is 10.4 Å². The average Bonchev–Trinajstić information content (AvgIpc) is 2.21. The van der Waals surface area contributed by atoms with Crippen LogP contribution in [0.5, 0.6) is 0 Å². The molecule has 0 spiro atoms. The van der Waals surface area contributed by atoms with Gasteiger partial charge in [0.05, 0.1) is 0 Å². The van der Waals surface area contributed by atoms with Gasteiger partial charge in [-0.1, -0.05) is 13.8 Å². The van der Waals surface area contributed by atoms with Gasteiger partial charge in [-0.25, -0.2) is 0 Å². The third kappa shape index (κ3) is 4.75. The third-order valence-electron chi connectivity index (χ3n) is 3.68. The van der Waals surface area contributed by atoms with Gasteiger partial charge in [0.15, 0.2) is 0 Å². The molecule has 4 heteroatoms. The average molecular weight is 241 g/mol. The predicted molar refractivity (Wildman–Crippen MR) is 65.6 cm³/mol. The molecular formula is C13H23NO3. The Balaban J connectivity index is 2.31.